The summed E-state index contributed by atoms with van der Waals surface area (Å²) in [6.07, 6.45) is 5.79. The van der Waals surface area contributed by atoms with E-state index in [9.17, 15) is 0 Å². The molecule has 5 nitrogen and oxygen atoms in total. The van der Waals surface area contributed by atoms with Crippen LogP contribution in [0.3, 0.4) is 0 Å². The molecule has 0 spiro atoms. The fraction of sp³-hybridized carbons (Fsp3) is 0.733. The van der Waals surface area contributed by atoms with E-state index in [1.54, 1.807) is 0 Å². The van der Waals surface area contributed by atoms with Crippen LogP contribution in [0.4, 0.5) is 0 Å². The highest BCUT2D eigenvalue weighted by Crippen LogP contribution is 2.21. The van der Waals surface area contributed by atoms with Crippen molar-refractivity contribution in [3.8, 4) is 0 Å². The number of thioether (sulfide) groups is 1. The fourth-order valence-electron chi connectivity index (χ4n) is 2.49. The van der Waals surface area contributed by atoms with Gasteiger partial charge in [0.1, 0.15) is 0 Å². The third-order valence-corrected chi connectivity index (χ3v) is 4.97. The lowest BCUT2D eigenvalue weighted by Crippen LogP contribution is -2.39. The van der Waals surface area contributed by atoms with Gasteiger partial charge in [-0.05, 0) is 45.6 Å². The molecule has 1 aromatic rings. The number of thiocarbonyl (C=S) groups is 1. The Bertz CT molecular complexity index is 472. The van der Waals surface area contributed by atoms with E-state index in [0.717, 1.165) is 42.8 Å². The van der Waals surface area contributed by atoms with Crippen LogP contribution in [-0.4, -0.2) is 59.0 Å². The maximum absolute atomic E-state index is 5.25. The van der Waals surface area contributed by atoms with Crippen LogP contribution in [0, 0.1) is 0 Å². The summed E-state index contributed by atoms with van der Waals surface area (Å²) in [7, 11) is 4.12. The normalized spacial score (nSPS) is 14.0. The number of aromatic nitrogens is 2. The summed E-state index contributed by atoms with van der Waals surface area (Å²) < 4.78 is 2.32. The molecule has 2 rings (SSSR count). The first-order valence-electron chi connectivity index (χ1n) is 7.94. The largest absolute Gasteiger partial charge is 0.362 e. The molecule has 0 saturated carbocycles. The topological polar surface area (TPSA) is 45.1 Å². The lowest BCUT2D eigenvalue weighted by molar-refractivity contribution is 0.412. The predicted octanol–water partition coefficient (Wildman–Crippen LogP) is 1.48. The number of nitrogens with zero attached hydrogens (tertiary/aromatic N) is 3. The minimum Gasteiger partial charge on any atom is -0.362 e. The van der Waals surface area contributed by atoms with Crippen molar-refractivity contribution in [1.29, 1.82) is 0 Å². The lowest BCUT2D eigenvalue weighted by Gasteiger charge is -2.15. The molecule has 0 saturated heterocycles. The average Bonchev–Trinajstić information content (AvgIpc) is 2.90. The van der Waals surface area contributed by atoms with Crippen molar-refractivity contribution < 1.29 is 0 Å². The molecule has 0 atom stereocenters. The lowest BCUT2D eigenvalue weighted by atomic mass is 10.1. The Hall–Kier alpha value is -0.790. The molecule has 124 valence electrons. The zero-order valence-electron chi connectivity index (χ0n) is 13.6. The second-order valence-electron chi connectivity index (χ2n) is 5.83. The standard InChI is InChI=1S/C15H27N5S2/c1-19(2)9-6-16-15(21)17-7-10-22-11-13-14-5-3-4-8-20(14)12-18-13/h12H,3-11H2,1-2H3,(H2,16,17,21). The smallest absolute Gasteiger partial charge is 0.166 e. The maximum atomic E-state index is 5.25. The van der Waals surface area contributed by atoms with E-state index in [0.29, 0.717) is 0 Å². The number of fused-ring (bicyclic) bond motifs is 1. The van der Waals surface area contributed by atoms with Gasteiger partial charge in [-0.25, -0.2) is 4.98 Å². The van der Waals surface area contributed by atoms with Gasteiger partial charge in [0.2, 0.25) is 0 Å². The van der Waals surface area contributed by atoms with Gasteiger partial charge in [0.15, 0.2) is 5.11 Å². The van der Waals surface area contributed by atoms with Gasteiger partial charge in [0, 0.05) is 43.4 Å². The molecule has 0 bridgehead atoms. The zero-order valence-corrected chi connectivity index (χ0v) is 15.2. The van der Waals surface area contributed by atoms with Crippen LogP contribution in [0.25, 0.3) is 0 Å². The van der Waals surface area contributed by atoms with E-state index in [1.807, 2.05) is 18.1 Å². The van der Waals surface area contributed by atoms with E-state index in [1.165, 1.54) is 30.7 Å². The number of nitrogens with one attached hydrogen (secondary N) is 2. The Morgan fingerprint density at radius 2 is 2.18 bits per heavy atom. The van der Waals surface area contributed by atoms with Crippen molar-refractivity contribution in [2.24, 2.45) is 0 Å². The number of rotatable bonds is 8. The van der Waals surface area contributed by atoms with Crippen LogP contribution in [0.15, 0.2) is 6.33 Å². The summed E-state index contributed by atoms with van der Waals surface area (Å²) in [5.74, 6) is 2.05. The summed E-state index contributed by atoms with van der Waals surface area (Å²) in [6.45, 7) is 3.91. The molecular formula is C15H27N5S2. The monoisotopic (exact) mass is 341 g/mol. The highest BCUT2D eigenvalue weighted by atomic mass is 32.2. The molecule has 1 aromatic heterocycles. The van der Waals surface area contributed by atoms with E-state index in [4.69, 9.17) is 12.2 Å². The van der Waals surface area contributed by atoms with Gasteiger partial charge in [0.25, 0.3) is 0 Å². The molecule has 7 heteroatoms. The minimum absolute atomic E-state index is 0.752. The Morgan fingerprint density at radius 1 is 1.36 bits per heavy atom. The van der Waals surface area contributed by atoms with Gasteiger partial charge >= 0.3 is 0 Å². The fourth-order valence-corrected chi connectivity index (χ4v) is 3.52. The van der Waals surface area contributed by atoms with Crippen molar-refractivity contribution in [3.05, 3.63) is 17.7 Å². The molecule has 0 fully saturated rings. The van der Waals surface area contributed by atoms with Gasteiger partial charge in [-0.2, -0.15) is 11.8 Å². The van der Waals surface area contributed by atoms with E-state index >= 15 is 0 Å². The summed E-state index contributed by atoms with van der Waals surface area (Å²) >= 11 is 7.17. The van der Waals surface area contributed by atoms with Gasteiger partial charge in [-0.3, -0.25) is 0 Å². The SMILES string of the molecule is CN(C)CCNC(=S)NCCSCc1ncn2c1CCCC2. The molecular weight excluding hydrogens is 314 g/mol. The van der Waals surface area contributed by atoms with Crippen molar-refractivity contribution >= 4 is 29.1 Å². The molecule has 1 aliphatic heterocycles. The molecule has 0 unspecified atom stereocenters. The Kier molecular flexibility index (Phi) is 7.48. The van der Waals surface area contributed by atoms with Crippen LogP contribution in [-0.2, 0) is 18.7 Å². The third-order valence-electron chi connectivity index (χ3n) is 3.71. The number of hydrogen-bond donors (Lipinski definition) is 2. The first-order valence-corrected chi connectivity index (χ1v) is 9.50. The van der Waals surface area contributed by atoms with Crippen LogP contribution in [0.1, 0.15) is 24.2 Å². The molecule has 22 heavy (non-hydrogen) atoms. The van der Waals surface area contributed by atoms with Crippen LogP contribution < -0.4 is 10.6 Å². The predicted molar refractivity (Wildman–Crippen MR) is 98.5 cm³/mol. The van der Waals surface area contributed by atoms with Gasteiger partial charge in [-0.1, -0.05) is 0 Å². The maximum Gasteiger partial charge on any atom is 0.166 e. The molecule has 2 heterocycles. The number of imidazole rings is 1. The second kappa shape index (κ2) is 9.37. The minimum atomic E-state index is 0.752. The summed E-state index contributed by atoms with van der Waals surface area (Å²) in [5.41, 5.74) is 2.73. The summed E-state index contributed by atoms with van der Waals surface area (Å²) in [5, 5.41) is 7.22. The highest BCUT2D eigenvalue weighted by molar-refractivity contribution is 7.98. The molecule has 0 radical (unpaired) electrons. The quantitative estimate of drug-likeness (QED) is 0.552. The number of likely N-dealkylation sites (N-methyl/N-ethyl adjacent to an activating group) is 1. The Balaban J connectivity index is 1.56. The van der Waals surface area contributed by atoms with E-state index in [-0.39, 0.29) is 0 Å². The second-order valence-corrected chi connectivity index (χ2v) is 7.34. The average molecular weight is 342 g/mol. The molecule has 1 aliphatic rings. The molecule has 2 N–H and O–H groups in total. The zero-order chi connectivity index (χ0) is 15.8. The highest BCUT2D eigenvalue weighted by Gasteiger charge is 2.14. The molecule has 0 aliphatic carbocycles. The summed E-state index contributed by atoms with van der Waals surface area (Å²) in [6, 6.07) is 0. The van der Waals surface area contributed by atoms with Crippen LogP contribution in [0.5, 0.6) is 0 Å². The third kappa shape index (κ3) is 5.78. The Labute approximate surface area is 143 Å². The molecule has 0 aromatic carbocycles. The van der Waals surface area contributed by atoms with Gasteiger partial charge in [-0.15, -0.1) is 0 Å². The van der Waals surface area contributed by atoms with E-state index in [2.05, 4.69) is 39.2 Å². The van der Waals surface area contributed by atoms with Crippen LogP contribution >= 0.6 is 24.0 Å². The van der Waals surface area contributed by atoms with Gasteiger partial charge in [0.05, 0.1) is 12.0 Å². The van der Waals surface area contributed by atoms with Crippen molar-refractivity contribution in [2.75, 3.05) is 39.5 Å². The van der Waals surface area contributed by atoms with Crippen molar-refractivity contribution in [2.45, 2.75) is 31.6 Å². The first kappa shape index (κ1) is 17.6. The van der Waals surface area contributed by atoms with Gasteiger partial charge < -0.3 is 20.1 Å². The van der Waals surface area contributed by atoms with Crippen molar-refractivity contribution in [3.63, 3.8) is 0 Å². The molecule has 0 amide bonds. The number of hydrogen-bond acceptors (Lipinski definition) is 4. The van der Waals surface area contributed by atoms with Crippen molar-refractivity contribution in [1.82, 2.24) is 25.1 Å². The first-order chi connectivity index (χ1) is 10.7. The Morgan fingerprint density at radius 3 is 3.00 bits per heavy atom. The number of aryl methyl sites for hydroxylation is 1. The van der Waals surface area contributed by atoms with E-state index < -0.39 is 0 Å². The van der Waals surface area contributed by atoms with Crippen LogP contribution in [0.2, 0.25) is 0 Å². The summed E-state index contributed by atoms with van der Waals surface area (Å²) in [4.78, 5) is 6.70.